The molecule has 3 N–H and O–H groups in total. The lowest BCUT2D eigenvalue weighted by molar-refractivity contribution is 0.102. The van der Waals surface area contributed by atoms with E-state index in [0.717, 1.165) is 12.1 Å². The van der Waals surface area contributed by atoms with E-state index in [4.69, 9.17) is 5.73 Å². The van der Waals surface area contributed by atoms with E-state index in [1.807, 2.05) is 0 Å². The highest BCUT2D eigenvalue weighted by Crippen LogP contribution is 2.24. The topological polar surface area (TPSA) is 68.0 Å². The van der Waals surface area contributed by atoms with Crippen LogP contribution in [0.5, 0.6) is 0 Å². The zero-order chi connectivity index (χ0) is 14.9. The molecule has 2 rings (SSSR count). The first-order valence-electron chi connectivity index (χ1n) is 5.55. The molecular weight excluding hydrogens is 352 g/mol. The molecule has 0 spiro atoms. The van der Waals surface area contributed by atoms with Crippen molar-refractivity contribution in [3.63, 3.8) is 0 Å². The molecule has 0 aliphatic heterocycles. The lowest BCUT2D eigenvalue weighted by Crippen LogP contribution is -2.14. The quantitative estimate of drug-likeness (QED) is 0.822. The number of anilines is 1. The van der Waals surface area contributed by atoms with Gasteiger partial charge in [0.15, 0.2) is 0 Å². The molecule has 1 heterocycles. The van der Waals surface area contributed by atoms with Crippen LogP contribution in [0.2, 0.25) is 0 Å². The largest absolute Gasteiger partial charge is 0.322 e. The molecule has 1 amide bonds. The van der Waals surface area contributed by atoms with Gasteiger partial charge in [0.1, 0.15) is 22.3 Å². The molecule has 1 unspecified atom stereocenters. The molecular formula is C12H10BrF2N3OS. The summed E-state index contributed by atoms with van der Waals surface area (Å²) in [6, 6.07) is 1.55. The average molecular weight is 362 g/mol. The Morgan fingerprint density at radius 3 is 2.75 bits per heavy atom. The summed E-state index contributed by atoms with van der Waals surface area (Å²) in [7, 11) is 0. The normalized spacial score (nSPS) is 12.2. The highest BCUT2D eigenvalue weighted by Gasteiger charge is 2.16. The Labute approximate surface area is 126 Å². The van der Waals surface area contributed by atoms with Crippen molar-refractivity contribution >= 4 is 38.9 Å². The molecule has 0 bridgehead atoms. The number of thiazole rings is 1. The fraction of sp³-hybridized carbons (Fsp3) is 0.167. The molecule has 0 radical (unpaired) electrons. The van der Waals surface area contributed by atoms with E-state index < -0.39 is 17.5 Å². The number of hydrogen-bond acceptors (Lipinski definition) is 4. The van der Waals surface area contributed by atoms with Crippen molar-refractivity contribution < 1.29 is 13.6 Å². The lowest BCUT2D eigenvalue weighted by Gasteiger charge is -2.06. The Morgan fingerprint density at radius 1 is 1.45 bits per heavy atom. The van der Waals surface area contributed by atoms with Crippen molar-refractivity contribution in [2.75, 3.05) is 5.32 Å². The van der Waals surface area contributed by atoms with E-state index in [9.17, 15) is 13.6 Å². The van der Waals surface area contributed by atoms with E-state index in [2.05, 4.69) is 26.2 Å². The molecule has 0 aliphatic carbocycles. The van der Waals surface area contributed by atoms with Crippen molar-refractivity contribution in [3.05, 3.63) is 44.3 Å². The summed E-state index contributed by atoms with van der Waals surface area (Å²) in [5.41, 5.74) is 5.51. The summed E-state index contributed by atoms with van der Waals surface area (Å²) in [6.07, 6.45) is 0. The maximum Gasteiger partial charge on any atom is 0.275 e. The number of benzene rings is 1. The summed E-state index contributed by atoms with van der Waals surface area (Å²) in [5.74, 6) is -2.03. The van der Waals surface area contributed by atoms with Gasteiger partial charge in [-0.3, -0.25) is 4.79 Å². The Morgan fingerprint density at radius 2 is 2.15 bits per heavy atom. The van der Waals surface area contributed by atoms with Gasteiger partial charge in [0.05, 0.1) is 16.2 Å². The fourth-order valence-corrected chi connectivity index (χ4v) is 2.48. The molecule has 106 valence electrons. The number of nitrogens with zero attached hydrogens (tertiary/aromatic N) is 1. The van der Waals surface area contributed by atoms with E-state index in [0.29, 0.717) is 5.01 Å². The van der Waals surface area contributed by atoms with Crippen molar-refractivity contribution in [1.82, 2.24) is 4.98 Å². The van der Waals surface area contributed by atoms with Crippen LogP contribution >= 0.6 is 27.3 Å². The maximum absolute atomic E-state index is 13.6. The number of rotatable bonds is 3. The van der Waals surface area contributed by atoms with Gasteiger partial charge in [-0.1, -0.05) is 0 Å². The summed E-state index contributed by atoms with van der Waals surface area (Å²) in [4.78, 5) is 15.9. The van der Waals surface area contributed by atoms with Crippen LogP contribution in [-0.2, 0) is 0 Å². The van der Waals surface area contributed by atoms with Crippen LogP contribution in [0.4, 0.5) is 14.5 Å². The predicted molar refractivity (Wildman–Crippen MR) is 76.7 cm³/mol. The second kappa shape index (κ2) is 5.94. The van der Waals surface area contributed by atoms with Crippen molar-refractivity contribution in [2.45, 2.75) is 13.0 Å². The number of amides is 1. The highest BCUT2D eigenvalue weighted by atomic mass is 79.9. The number of hydrogen-bond donors (Lipinski definition) is 2. The standard InChI is InChI=1S/C12H10BrF2N3OS/c1-5(16)12-18-10(4-20-12)11(19)17-9-3-7(14)6(13)2-8(9)15/h2-5H,16H2,1H3,(H,17,19). The highest BCUT2D eigenvalue weighted by molar-refractivity contribution is 9.10. The minimum Gasteiger partial charge on any atom is -0.322 e. The van der Waals surface area contributed by atoms with Crippen LogP contribution < -0.4 is 11.1 Å². The minimum atomic E-state index is -0.741. The Hall–Kier alpha value is -1.38. The van der Waals surface area contributed by atoms with Gasteiger partial charge in [0.25, 0.3) is 5.91 Å². The molecule has 0 saturated heterocycles. The van der Waals surface area contributed by atoms with Gasteiger partial charge in [-0.05, 0) is 28.9 Å². The second-order valence-corrected chi connectivity index (χ2v) is 5.80. The second-order valence-electron chi connectivity index (χ2n) is 4.06. The molecule has 4 nitrogen and oxygen atoms in total. The summed E-state index contributed by atoms with van der Waals surface area (Å²) >= 11 is 4.09. The molecule has 8 heteroatoms. The summed E-state index contributed by atoms with van der Waals surface area (Å²) in [6.45, 7) is 1.74. The van der Waals surface area contributed by atoms with Crippen molar-refractivity contribution in [3.8, 4) is 0 Å². The summed E-state index contributed by atoms with van der Waals surface area (Å²) < 4.78 is 26.9. The predicted octanol–water partition coefficient (Wildman–Crippen LogP) is 3.46. The van der Waals surface area contributed by atoms with Crippen LogP contribution in [0.3, 0.4) is 0 Å². The first-order valence-corrected chi connectivity index (χ1v) is 7.22. The number of halogens is 3. The van der Waals surface area contributed by atoms with Gasteiger partial charge in [-0.2, -0.15) is 0 Å². The first-order chi connectivity index (χ1) is 9.38. The van der Waals surface area contributed by atoms with Gasteiger partial charge < -0.3 is 11.1 Å². The molecule has 0 saturated carbocycles. The third-order valence-corrected chi connectivity index (χ3v) is 4.06. The third kappa shape index (κ3) is 3.20. The van der Waals surface area contributed by atoms with E-state index in [1.54, 1.807) is 6.92 Å². The Balaban J connectivity index is 2.21. The van der Waals surface area contributed by atoms with Gasteiger partial charge in [0, 0.05) is 11.4 Å². The number of aromatic nitrogens is 1. The monoisotopic (exact) mass is 361 g/mol. The van der Waals surface area contributed by atoms with Gasteiger partial charge in [-0.25, -0.2) is 13.8 Å². The number of carbonyl (C=O) groups excluding carboxylic acids is 1. The van der Waals surface area contributed by atoms with E-state index >= 15 is 0 Å². The van der Waals surface area contributed by atoms with Crippen LogP contribution in [0.25, 0.3) is 0 Å². The fourth-order valence-electron chi connectivity index (χ4n) is 1.41. The lowest BCUT2D eigenvalue weighted by atomic mass is 10.3. The smallest absolute Gasteiger partial charge is 0.275 e. The third-order valence-electron chi connectivity index (χ3n) is 2.40. The van der Waals surface area contributed by atoms with Gasteiger partial charge in [-0.15, -0.1) is 11.3 Å². The van der Waals surface area contributed by atoms with Gasteiger partial charge in [0.2, 0.25) is 0 Å². The Bertz CT molecular complexity index is 660. The van der Waals surface area contributed by atoms with Crippen LogP contribution in [0.1, 0.15) is 28.5 Å². The Kier molecular flexibility index (Phi) is 4.46. The number of nitrogens with two attached hydrogens (primary N) is 1. The molecule has 0 fully saturated rings. The average Bonchev–Trinajstić information content (AvgIpc) is 2.85. The molecule has 1 atom stereocenters. The molecule has 0 aliphatic rings. The molecule has 1 aromatic carbocycles. The van der Waals surface area contributed by atoms with Crippen LogP contribution in [0.15, 0.2) is 22.0 Å². The number of nitrogens with one attached hydrogen (secondary N) is 1. The van der Waals surface area contributed by atoms with E-state index in [-0.39, 0.29) is 21.9 Å². The summed E-state index contributed by atoms with van der Waals surface area (Å²) in [5, 5.41) is 4.39. The van der Waals surface area contributed by atoms with Crippen LogP contribution in [-0.4, -0.2) is 10.9 Å². The maximum atomic E-state index is 13.6. The molecule has 2 aromatic rings. The van der Waals surface area contributed by atoms with Gasteiger partial charge >= 0.3 is 0 Å². The van der Waals surface area contributed by atoms with Crippen molar-refractivity contribution in [2.24, 2.45) is 5.73 Å². The zero-order valence-electron chi connectivity index (χ0n) is 10.3. The van der Waals surface area contributed by atoms with E-state index in [1.165, 1.54) is 16.7 Å². The molecule has 20 heavy (non-hydrogen) atoms. The minimum absolute atomic E-state index is 0.0131. The molecule has 1 aromatic heterocycles. The SMILES string of the molecule is CC(N)c1nc(C(=O)Nc2cc(F)c(Br)cc2F)cs1. The first kappa shape index (κ1) is 15.0. The van der Waals surface area contributed by atoms with Crippen LogP contribution in [0, 0.1) is 11.6 Å². The van der Waals surface area contributed by atoms with Crippen molar-refractivity contribution in [1.29, 1.82) is 0 Å². The zero-order valence-corrected chi connectivity index (χ0v) is 12.7. The number of carbonyl (C=O) groups is 1.